The second-order valence-corrected chi connectivity index (χ2v) is 3.18. The lowest BCUT2D eigenvalue weighted by Crippen LogP contribution is -2.26. The van der Waals surface area contributed by atoms with Crippen LogP contribution in [0.1, 0.15) is 12.8 Å². The predicted octanol–water partition coefficient (Wildman–Crippen LogP) is 2.01. The van der Waals surface area contributed by atoms with E-state index in [9.17, 15) is 22.4 Å². The second-order valence-electron chi connectivity index (χ2n) is 3.18. The fourth-order valence-electron chi connectivity index (χ4n) is 1.40. The lowest BCUT2D eigenvalue weighted by atomic mass is 10.1. The Labute approximate surface area is 87.5 Å². The van der Waals surface area contributed by atoms with Crippen LogP contribution in [0.25, 0.3) is 0 Å². The average Bonchev–Trinajstić information content (AvgIpc) is 2.41. The highest BCUT2D eigenvalue weighted by Crippen LogP contribution is 2.38. The molecule has 1 aliphatic rings. The van der Waals surface area contributed by atoms with Gasteiger partial charge in [-0.1, -0.05) is 0 Å². The molecule has 0 unspecified atom stereocenters. The molecule has 0 aromatic rings. The zero-order valence-corrected chi connectivity index (χ0v) is 7.88. The maximum Gasteiger partial charge on any atom is 0.431 e. The van der Waals surface area contributed by atoms with Gasteiger partial charge in [0, 0.05) is 12.0 Å². The average molecular weight is 240 g/mol. The molecule has 0 aromatic carbocycles. The fraction of sp³-hybridized carbons (Fsp3) is 0.500. The van der Waals surface area contributed by atoms with Crippen LogP contribution in [-0.4, -0.2) is 29.3 Å². The van der Waals surface area contributed by atoms with E-state index in [-0.39, 0.29) is 0 Å². The van der Waals surface area contributed by atoms with E-state index in [0.29, 0.717) is 0 Å². The Balaban J connectivity index is 3.24. The molecule has 0 atom stereocenters. The van der Waals surface area contributed by atoms with Gasteiger partial charge in [0.2, 0.25) is 0 Å². The summed E-state index contributed by atoms with van der Waals surface area (Å²) >= 11 is 0. The molecule has 90 valence electrons. The van der Waals surface area contributed by atoms with Crippen molar-refractivity contribution in [1.29, 1.82) is 0 Å². The summed E-state index contributed by atoms with van der Waals surface area (Å²) < 4.78 is 50.7. The number of nitrogens with zero attached hydrogens (tertiary/aromatic N) is 1. The first-order valence-corrected chi connectivity index (χ1v) is 4.22. The van der Waals surface area contributed by atoms with Crippen LogP contribution in [-0.2, 0) is 0 Å². The van der Waals surface area contributed by atoms with Gasteiger partial charge >= 0.3 is 6.09 Å². The second kappa shape index (κ2) is 4.11. The Morgan fingerprint density at radius 3 is 2.50 bits per heavy atom. The van der Waals surface area contributed by atoms with Crippen LogP contribution < -0.4 is 5.73 Å². The number of nitrogens with two attached hydrogens (primary N) is 1. The smallest absolute Gasteiger partial charge is 0.431 e. The van der Waals surface area contributed by atoms with E-state index in [1.807, 2.05) is 0 Å². The number of carboxylic acid groups (broad SMARTS) is 1. The molecule has 0 aliphatic heterocycles. The van der Waals surface area contributed by atoms with Crippen molar-refractivity contribution in [3.8, 4) is 0 Å². The van der Waals surface area contributed by atoms with Crippen LogP contribution in [0.4, 0.5) is 22.4 Å². The predicted molar refractivity (Wildman–Crippen MR) is 46.9 cm³/mol. The molecule has 4 nitrogen and oxygen atoms in total. The number of carbonyl (C=O) groups is 1. The van der Waals surface area contributed by atoms with Crippen LogP contribution in [0.2, 0.25) is 0 Å². The number of halogens is 4. The van der Waals surface area contributed by atoms with E-state index in [0.717, 1.165) is 0 Å². The van der Waals surface area contributed by atoms with Crippen molar-refractivity contribution in [3.05, 3.63) is 11.3 Å². The largest absolute Gasteiger partial charge is 0.463 e. The first-order chi connectivity index (χ1) is 7.25. The maximum absolute atomic E-state index is 13.1. The Bertz CT molecular complexity index is 376. The summed E-state index contributed by atoms with van der Waals surface area (Å²) in [4.78, 5) is 12.8. The standard InChI is InChI=1S/C8H8F4N2O2/c9-6(10)4(13)3-1-2-8(11,12)5(3)14-7(15)16/h6H,1-2,13H2,(H,15,16). The van der Waals surface area contributed by atoms with E-state index in [1.54, 1.807) is 0 Å². The van der Waals surface area contributed by atoms with Gasteiger partial charge in [-0.3, -0.25) is 0 Å². The number of allylic oxidation sites excluding steroid dienone is 2. The molecule has 0 heterocycles. The van der Waals surface area contributed by atoms with Crippen LogP contribution in [0.15, 0.2) is 16.3 Å². The minimum absolute atomic E-state index is 0.407. The van der Waals surface area contributed by atoms with Crippen molar-refractivity contribution in [3.63, 3.8) is 0 Å². The molecule has 3 N–H and O–H groups in total. The molecule has 0 radical (unpaired) electrons. The quantitative estimate of drug-likeness (QED) is 0.688. The van der Waals surface area contributed by atoms with Gasteiger partial charge in [0.25, 0.3) is 12.3 Å². The van der Waals surface area contributed by atoms with Crippen molar-refractivity contribution in [1.82, 2.24) is 0 Å². The fourth-order valence-corrected chi connectivity index (χ4v) is 1.40. The van der Waals surface area contributed by atoms with E-state index in [1.165, 1.54) is 0 Å². The van der Waals surface area contributed by atoms with Crippen molar-refractivity contribution in [2.75, 3.05) is 0 Å². The number of aliphatic imine (C=N–C) groups is 1. The number of rotatable bonds is 1. The molecular formula is C8H8F4N2O2. The Morgan fingerprint density at radius 1 is 1.50 bits per heavy atom. The SMILES string of the molecule is NC(=C1CCC(F)(F)C1=NC(=O)O)C(F)F. The topological polar surface area (TPSA) is 75.7 Å². The zero-order valence-electron chi connectivity index (χ0n) is 7.88. The van der Waals surface area contributed by atoms with Crippen molar-refractivity contribution in [2.45, 2.75) is 25.2 Å². The molecule has 0 spiro atoms. The third kappa shape index (κ3) is 2.31. The van der Waals surface area contributed by atoms with Crippen LogP contribution in [0, 0.1) is 0 Å². The summed E-state index contributed by atoms with van der Waals surface area (Å²) in [5, 5.41) is 8.27. The van der Waals surface area contributed by atoms with Crippen LogP contribution in [0.3, 0.4) is 0 Å². The van der Waals surface area contributed by atoms with Crippen molar-refractivity contribution < 1.29 is 27.5 Å². The Morgan fingerprint density at radius 2 is 2.06 bits per heavy atom. The van der Waals surface area contributed by atoms with E-state index < -0.39 is 48.3 Å². The Kier molecular flexibility index (Phi) is 3.20. The highest BCUT2D eigenvalue weighted by molar-refractivity contribution is 6.11. The van der Waals surface area contributed by atoms with E-state index in [2.05, 4.69) is 4.99 Å². The van der Waals surface area contributed by atoms with Gasteiger partial charge in [-0.25, -0.2) is 13.6 Å². The lowest BCUT2D eigenvalue weighted by molar-refractivity contribution is 0.0791. The van der Waals surface area contributed by atoms with E-state index >= 15 is 0 Å². The number of hydrogen-bond donors (Lipinski definition) is 2. The summed E-state index contributed by atoms with van der Waals surface area (Å²) in [7, 11) is 0. The molecule has 1 aliphatic carbocycles. The van der Waals surface area contributed by atoms with Crippen LogP contribution >= 0.6 is 0 Å². The minimum Gasteiger partial charge on any atom is -0.463 e. The Hall–Kier alpha value is -1.60. The minimum atomic E-state index is -3.52. The van der Waals surface area contributed by atoms with Crippen LogP contribution in [0.5, 0.6) is 0 Å². The van der Waals surface area contributed by atoms with Gasteiger partial charge in [-0.05, 0) is 6.42 Å². The first-order valence-electron chi connectivity index (χ1n) is 4.22. The molecule has 1 saturated carbocycles. The molecule has 0 bridgehead atoms. The summed E-state index contributed by atoms with van der Waals surface area (Å²) in [6.07, 6.45) is -6.14. The monoisotopic (exact) mass is 240 g/mol. The first kappa shape index (κ1) is 12.5. The molecule has 8 heteroatoms. The zero-order chi connectivity index (χ0) is 12.5. The van der Waals surface area contributed by atoms with Crippen molar-refractivity contribution >= 4 is 11.8 Å². The molecule has 0 saturated heterocycles. The molecule has 0 aromatic heterocycles. The summed E-state index contributed by atoms with van der Waals surface area (Å²) in [5.74, 6) is -3.52. The molecular weight excluding hydrogens is 232 g/mol. The third-order valence-electron chi connectivity index (χ3n) is 2.11. The van der Waals surface area contributed by atoms with Gasteiger partial charge in [0.1, 0.15) is 5.71 Å². The lowest BCUT2D eigenvalue weighted by Gasteiger charge is -2.10. The maximum atomic E-state index is 13.1. The summed E-state index contributed by atoms with van der Waals surface area (Å²) in [6, 6.07) is 0. The third-order valence-corrected chi connectivity index (χ3v) is 2.11. The highest BCUT2D eigenvalue weighted by atomic mass is 19.3. The van der Waals surface area contributed by atoms with Gasteiger partial charge in [-0.15, -0.1) is 0 Å². The number of hydrogen-bond acceptors (Lipinski definition) is 2. The summed E-state index contributed by atoms with van der Waals surface area (Å²) in [6.45, 7) is 0. The molecule has 1 fully saturated rings. The number of amides is 1. The van der Waals surface area contributed by atoms with Gasteiger partial charge < -0.3 is 10.8 Å². The van der Waals surface area contributed by atoms with Gasteiger partial charge in [0.05, 0.1) is 5.70 Å². The summed E-state index contributed by atoms with van der Waals surface area (Å²) in [5.41, 5.74) is 2.15. The highest BCUT2D eigenvalue weighted by Gasteiger charge is 2.46. The van der Waals surface area contributed by atoms with Crippen molar-refractivity contribution in [2.24, 2.45) is 10.7 Å². The van der Waals surface area contributed by atoms with Gasteiger partial charge in [-0.2, -0.15) is 13.8 Å². The van der Waals surface area contributed by atoms with Gasteiger partial charge in [0.15, 0.2) is 0 Å². The molecule has 16 heavy (non-hydrogen) atoms. The van der Waals surface area contributed by atoms with E-state index in [4.69, 9.17) is 10.8 Å². The number of alkyl halides is 4. The molecule has 1 rings (SSSR count). The molecule has 1 amide bonds. The normalized spacial score (nSPS) is 25.2.